The standard InChI is InChI=1S/C8H6ClF5N2/c9-6-4(5(15)7(10)11)1-3(2-16-6)8(12,13)14/h1-2,5,7H,15H2. The van der Waals surface area contributed by atoms with Gasteiger partial charge in [0.2, 0.25) is 0 Å². The molecule has 0 fully saturated rings. The second-order valence-corrected chi connectivity index (χ2v) is 3.32. The quantitative estimate of drug-likeness (QED) is 0.656. The summed E-state index contributed by atoms with van der Waals surface area (Å²) in [5, 5.41) is -0.458. The van der Waals surface area contributed by atoms with Crippen LogP contribution < -0.4 is 5.73 Å². The van der Waals surface area contributed by atoms with Gasteiger partial charge in [0, 0.05) is 11.8 Å². The van der Waals surface area contributed by atoms with Crippen LogP contribution in [-0.4, -0.2) is 11.4 Å². The van der Waals surface area contributed by atoms with Gasteiger partial charge >= 0.3 is 6.18 Å². The molecule has 1 heterocycles. The highest BCUT2D eigenvalue weighted by Gasteiger charge is 2.33. The van der Waals surface area contributed by atoms with Crippen LogP contribution in [0.4, 0.5) is 22.0 Å². The Kier molecular flexibility index (Phi) is 3.69. The summed E-state index contributed by atoms with van der Waals surface area (Å²) in [6.07, 6.45) is -7.22. The Balaban J connectivity index is 3.19. The molecule has 0 aliphatic rings. The van der Waals surface area contributed by atoms with Crippen molar-refractivity contribution in [2.75, 3.05) is 0 Å². The van der Waals surface area contributed by atoms with E-state index in [9.17, 15) is 22.0 Å². The molecule has 0 amide bonds. The van der Waals surface area contributed by atoms with Gasteiger partial charge in [0.15, 0.2) is 0 Å². The third-order valence-corrected chi connectivity index (χ3v) is 2.14. The Hall–Kier alpha value is -0.950. The fraction of sp³-hybridized carbons (Fsp3) is 0.375. The van der Waals surface area contributed by atoms with Crippen molar-refractivity contribution >= 4 is 11.6 Å². The molecule has 0 saturated heterocycles. The molecule has 2 nitrogen and oxygen atoms in total. The lowest BCUT2D eigenvalue weighted by molar-refractivity contribution is -0.137. The molecule has 0 bridgehead atoms. The van der Waals surface area contributed by atoms with E-state index in [1.54, 1.807) is 0 Å². The van der Waals surface area contributed by atoms with Crippen LogP contribution in [-0.2, 0) is 6.18 Å². The zero-order chi connectivity index (χ0) is 12.5. The van der Waals surface area contributed by atoms with Crippen molar-refractivity contribution in [2.45, 2.75) is 18.6 Å². The summed E-state index contributed by atoms with van der Waals surface area (Å²) in [7, 11) is 0. The fourth-order valence-electron chi connectivity index (χ4n) is 0.990. The van der Waals surface area contributed by atoms with Gasteiger partial charge in [-0.2, -0.15) is 13.2 Å². The van der Waals surface area contributed by atoms with Crippen molar-refractivity contribution in [1.29, 1.82) is 0 Å². The molecule has 1 rings (SSSR count). The highest BCUT2D eigenvalue weighted by molar-refractivity contribution is 6.30. The molecule has 0 aliphatic heterocycles. The average Bonchev–Trinajstić information content (AvgIpc) is 2.15. The van der Waals surface area contributed by atoms with E-state index in [0.717, 1.165) is 0 Å². The predicted molar refractivity (Wildman–Crippen MR) is 47.2 cm³/mol. The minimum absolute atomic E-state index is 0.458. The Morgan fingerprint density at radius 3 is 2.31 bits per heavy atom. The molecule has 1 atom stereocenters. The molecule has 16 heavy (non-hydrogen) atoms. The Labute approximate surface area is 92.2 Å². The molecule has 0 radical (unpaired) electrons. The van der Waals surface area contributed by atoms with Crippen LogP contribution in [0, 0.1) is 0 Å². The lowest BCUT2D eigenvalue weighted by Gasteiger charge is -2.14. The van der Waals surface area contributed by atoms with Gasteiger partial charge in [-0.25, -0.2) is 13.8 Å². The number of pyridine rings is 1. The first-order valence-corrected chi connectivity index (χ1v) is 4.37. The highest BCUT2D eigenvalue weighted by Crippen LogP contribution is 2.33. The molecule has 0 saturated carbocycles. The van der Waals surface area contributed by atoms with Gasteiger partial charge in [-0.3, -0.25) is 0 Å². The monoisotopic (exact) mass is 260 g/mol. The van der Waals surface area contributed by atoms with Crippen molar-refractivity contribution in [3.8, 4) is 0 Å². The normalized spacial score (nSPS) is 14.2. The first-order valence-electron chi connectivity index (χ1n) is 4.00. The number of aromatic nitrogens is 1. The van der Waals surface area contributed by atoms with Gasteiger partial charge in [-0.05, 0) is 6.07 Å². The zero-order valence-corrected chi connectivity index (χ0v) is 8.36. The topological polar surface area (TPSA) is 38.9 Å². The number of alkyl halides is 5. The summed E-state index contributed by atoms with van der Waals surface area (Å²) >= 11 is 5.39. The number of halogens is 6. The van der Waals surface area contributed by atoms with Crippen molar-refractivity contribution in [1.82, 2.24) is 4.98 Å². The smallest absolute Gasteiger partial charge is 0.319 e. The van der Waals surface area contributed by atoms with Gasteiger partial charge in [-0.1, -0.05) is 11.6 Å². The average molecular weight is 261 g/mol. The molecule has 0 aliphatic carbocycles. The minimum atomic E-state index is -4.67. The Morgan fingerprint density at radius 2 is 1.88 bits per heavy atom. The Morgan fingerprint density at radius 1 is 1.31 bits per heavy atom. The maximum absolute atomic E-state index is 12.3. The SMILES string of the molecule is NC(c1cc(C(F)(F)F)cnc1Cl)C(F)F. The second-order valence-electron chi connectivity index (χ2n) is 2.96. The summed E-state index contributed by atoms with van der Waals surface area (Å²) in [5.41, 5.74) is 3.32. The number of nitrogens with zero attached hydrogens (tertiary/aromatic N) is 1. The predicted octanol–water partition coefficient (Wildman–Crippen LogP) is 3.02. The van der Waals surface area contributed by atoms with Gasteiger partial charge in [-0.15, -0.1) is 0 Å². The van der Waals surface area contributed by atoms with E-state index in [0.29, 0.717) is 12.3 Å². The third-order valence-electron chi connectivity index (χ3n) is 1.82. The zero-order valence-electron chi connectivity index (χ0n) is 7.60. The molecule has 1 unspecified atom stereocenters. The van der Waals surface area contributed by atoms with Crippen molar-refractivity contribution in [2.24, 2.45) is 5.73 Å². The van der Waals surface area contributed by atoms with Crippen LogP contribution in [0.25, 0.3) is 0 Å². The lowest BCUT2D eigenvalue weighted by Crippen LogP contribution is -2.20. The summed E-state index contributed by atoms with van der Waals surface area (Å²) in [4.78, 5) is 3.18. The van der Waals surface area contributed by atoms with E-state index in [-0.39, 0.29) is 0 Å². The van der Waals surface area contributed by atoms with Crippen LogP contribution in [0.5, 0.6) is 0 Å². The van der Waals surface area contributed by atoms with Crippen LogP contribution in [0.3, 0.4) is 0 Å². The molecular weight excluding hydrogens is 255 g/mol. The van der Waals surface area contributed by atoms with Gasteiger partial charge in [0.1, 0.15) is 5.15 Å². The maximum atomic E-state index is 12.3. The largest absolute Gasteiger partial charge is 0.417 e. The summed E-state index contributed by atoms with van der Waals surface area (Å²) in [5.74, 6) is 0. The molecule has 2 N–H and O–H groups in total. The molecule has 8 heteroatoms. The van der Waals surface area contributed by atoms with Crippen LogP contribution in [0.2, 0.25) is 5.15 Å². The molecule has 1 aromatic heterocycles. The van der Waals surface area contributed by atoms with Crippen LogP contribution >= 0.6 is 11.6 Å². The van der Waals surface area contributed by atoms with E-state index >= 15 is 0 Å². The van der Waals surface area contributed by atoms with E-state index in [4.69, 9.17) is 17.3 Å². The molecule has 1 aromatic rings. The maximum Gasteiger partial charge on any atom is 0.417 e. The molecule has 0 spiro atoms. The van der Waals surface area contributed by atoms with E-state index in [1.807, 2.05) is 0 Å². The van der Waals surface area contributed by atoms with Gasteiger partial charge in [0.05, 0.1) is 11.6 Å². The van der Waals surface area contributed by atoms with Crippen molar-refractivity contribution in [3.63, 3.8) is 0 Å². The first kappa shape index (κ1) is 13.1. The van der Waals surface area contributed by atoms with E-state index in [1.165, 1.54) is 0 Å². The second kappa shape index (κ2) is 4.50. The van der Waals surface area contributed by atoms with E-state index < -0.39 is 34.9 Å². The van der Waals surface area contributed by atoms with Gasteiger partial charge in [0.25, 0.3) is 6.43 Å². The summed E-state index contributed by atoms with van der Waals surface area (Å²) < 4.78 is 61.2. The molecule has 90 valence electrons. The van der Waals surface area contributed by atoms with Crippen molar-refractivity contribution < 1.29 is 22.0 Å². The van der Waals surface area contributed by atoms with Gasteiger partial charge < -0.3 is 5.73 Å². The summed E-state index contributed by atoms with van der Waals surface area (Å²) in [6, 6.07) is -1.41. The highest BCUT2D eigenvalue weighted by atomic mass is 35.5. The number of hydrogen-bond donors (Lipinski definition) is 1. The van der Waals surface area contributed by atoms with E-state index in [2.05, 4.69) is 4.98 Å². The molecular formula is C8H6ClF5N2. The number of nitrogens with two attached hydrogens (primary N) is 1. The Bertz CT molecular complexity index is 379. The van der Waals surface area contributed by atoms with Crippen LogP contribution in [0.15, 0.2) is 12.3 Å². The number of hydrogen-bond acceptors (Lipinski definition) is 2. The summed E-state index contributed by atoms with van der Waals surface area (Å²) in [6.45, 7) is 0. The lowest BCUT2D eigenvalue weighted by atomic mass is 10.1. The fourth-order valence-corrected chi connectivity index (χ4v) is 1.22. The van der Waals surface area contributed by atoms with Crippen molar-refractivity contribution in [3.05, 3.63) is 28.5 Å². The number of rotatable bonds is 2. The third kappa shape index (κ3) is 2.79. The van der Waals surface area contributed by atoms with Crippen LogP contribution in [0.1, 0.15) is 17.2 Å². The molecule has 0 aromatic carbocycles. The first-order chi connectivity index (χ1) is 7.23. The minimum Gasteiger partial charge on any atom is -0.319 e.